The van der Waals surface area contributed by atoms with E-state index in [1.165, 1.54) is 16.3 Å². The number of unbranched alkanes of at least 4 members (excludes halogenated alkanes) is 4. The Morgan fingerprint density at radius 3 is 2.24 bits per heavy atom. The lowest BCUT2D eigenvalue weighted by Crippen LogP contribution is -2.49. The van der Waals surface area contributed by atoms with Crippen molar-refractivity contribution in [3.63, 3.8) is 0 Å². The van der Waals surface area contributed by atoms with Crippen LogP contribution in [0.5, 0.6) is 0 Å². The zero-order valence-electron chi connectivity index (χ0n) is 23.4. The fraction of sp³-hybridized carbons (Fsp3) is 0.406. The summed E-state index contributed by atoms with van der Waals surface area (Å²) in [7, 11) is 0. The Labute approximate surface area is 255 Å². The topological polar surface area (TPSA) is 122 Å². The smallest absolute Gasteiger partial charge is 0.336 e. The highest BCUT2D eigenvalue weighted by atomic mass is 35.5. The van der Waals surface area contributed by atoms with E-state index < -0.39 is 36.7 Å². The summed E-state index contributed by atoms with van der Waals surface area (Å²) >= 11 is 12.2. The van der Waals surface area contributed by atoms with Crippen LogP contribution in [0.2, 0.25) is 10.0 Å². The summed E-state index contributed by atoms with van der Waals surface area (Å²) in [5.74, 6) is -3.45. The molecular weight excluding hydrogens is 581 g/mol. The lowest BCUT2D eigenvalue weighted by molar-refractivity contribution is -0.172. The van der Waals surface area contributed by atoms with Gasteiger partial charge in [0.2, 0.25) is 0 Å². The zero-order chi connectivity index (χ0) is 30.3. The number of carboxylic acids is 2. The van der Waals surface area contributed by atoms with E-state index in [4.69, 9.17) is 37.8 Å². The van der Waals surface area contributed by atoms with Crippen molar-refractivity contribution in [1.29, 1.82) is 0 Å². The molecule has 3 N–H and O–H groups in total. The van der Waals surface area contributed by atoms with E-state index in [0.717, 1.165) is 44.1 Å². The van der Waals surface area contributed by atoms with Crippen LogP contribution in [0.3, 0.4) is 0 Å². The van der Waals surface area contributed by atoms with Gasteiger partial charge >= 0.3 is 11.9 Å². The second-order valence-corrected chi connectivity index (χ2v) is 10.9. The number of fused-ring (bicyclic) bond motifs is 1. The molecule has 8 nitrogen and oxygen atoms in total. The minimum Gasteiger partial charge on any atom is -0.480 e. The average Bonchev–Trinajstić information content (AvgIpc) is 2.96. The molecular formula is C32H37Cl2NO7. The lowest BCUT2D eigenvalue weighted by Gasteiger charge is -2.23. The summed E-state index contributed by atoms with van der Waals surface area (Å²) < 4.78 is 10.7. The molecule has 0 fully saturated rings. The Kier molecular flexibility index (Phi) is 14.1. The summed E-state index contributed by atoms with van der Waals surface area (Å²) in [6.45, 7) is -0.414. The van der Waals surface area contributed by atoms with E-state index in [1.807, 2.05) is 18.2 Å². The van der Waals surface area contributed by atoms with Crippen LogP contribution in [0.4, 0.5) is 0 Å². The van der Waals surface area contributed by atoms with Gasteiger partial charge < -0.3 is 25.0 Å². The van der Waals surface area contributed by atoms with Gasteiger partial charge in [0.05, 0.1) is 0 Å². The molecule has 0 aliphatic rings. The van der Waals surface area contributed by atoms with Gasteiger partial charge in [0.1, 0.15) is 6.61 Å². The molecule has 3 aromatic rings. The molecule has 0 heterocycles. The first kappa shape index (κ1) is 33.3. The third kappa shape index (κ3) is 11.2. The van der Waals surface area contributed by atoms with Crippen molar-refractivity contribution in [2.75, 3.05) is 19.8 Å². The van der Waals surface area contributed by atoms with Crippen LogP contribution < -0.4 is 5.32 Å². The second kappa shape index (κ2) is 17.7. The maximum atomic E-state index is 12.9. The highest BCUT2D eigenvalue weighted by Crippen LogP contribution is 2.23. The fourth-order valence-corrected chi connectivity index (χ4v) is 5.12. The number of halogens is 2. The largest absolute Gasteiger partial charge is 0.480 e. The maximum Gasteiger partial charge on any atom is 0.336 e. The molecule has 0 bridgehead atoms. The second-order valence-electron chi connectivity index (χ2n) is 10.1. The number of aryl methyl sites for hydroxylation is 2. The molecule has 0 aromatic heterocycles. The number of nitrogens with one attached hydrogen (secondary N) is 1. The highest BCUT2D eigenvalue weighted by molar-refractivity contribution is 6.35. The molecule has 0 radical (unpaired) electrons. The number of ether oxygens (including phenoxy) is 2. The lowest BCUT2D eigenvalue weighted by atomic mass is 10.0. The molecule has 3 aromatic carbocycles. The van der Waals surface area contributed by atoms with Gasteiger partial charge in [-0.1, -0.05) is 84.6 Å². The minimum absolute atomic E-state index is 0.110. The number of hydrogen-bond donors (Lipinski definition) is 3. The van der Waals surface area contributed by atoms with Crippen LogP contribution in [0.15, 0.2) is 60.7 Å². The molecule has 1 amide bonds. The Hall–Kier alpha value is -3.17. The first-order valence-corrected chi connectivity index (χ1v) is 14.9. The van der Waals surface area contributed by atoms with Crippen LogP contribution in [0.25, 0.3) is 10.8 Å². The normalized spacial score (nSPS) is 12.6. The summed E-state index contributed by atoms with van der Waals surface area (Å²) in [6.07, 6.45) is 3.05. The Morgan fingerprint density at radius 1 is 0.762 bits per heavy atom. The summed E-state index contributed by atoms with van der Waals surface area (Å²) in [5, 5.41) is 24.9. The molecule has 42 heavy (non-hydrogen) atoms. The van der Waals surface area contributed by atoms with Crippen molar-refractivity contribution in [2.45, 2.75) is 63.6 Å². The molecule has 10 heteroatoms. The van der Waals surface area contributed by atoms with E-state index in [-0.39, 0.29) is 6.61 Å². The van der Waals surface area contributed by atoms with Gasteiger partial charge in [0, 0.05) is 23.2 Å². The van der Waals surface area contributed by atoms with Crippen molar-refractivity contribution in [1.82, 2.24) is 5.32 Å². The monoisotopic (exact) mass is 617 g/mol. The van der Waals surface area contributed by atoms with Crippen LogP contribution in [-0.2, 0) is 36.7 Å². The summed E-state index contributed by atoms with van der Waals surface area (Å²) in [4.78, 5) is 35.7. The van der Waals surface area contributed by atoms with Gasteiger partial charge in [0.25, 0.3) is 5.91 Å². The van der Waals surface area contributed by atoms with Gasteiger partial charge in [-0.05, 0) is 72.6 Å². The molecule has 2 atom stereocenters. The maximum absolute atomic E-state index is 12.9. The quantitative estimate of drug-likeness (QED) is 0.134. The Bertz CT molecular complexity index is 1330. The van der Waals surface area contributed by atoms with Crippen molar-refractivity contribution in [3.8, 4) is 0 Å². The molecule has 0 saturated heterocycles. The van der Waals surface area contributed by atoms with E-state index in [2.05, 4.69) is 35.6 Å². The minimum atomic E-state index is -1.75. The first-order chi connectivity index (χ1) is 20.2. The van der Waals surface area contributed by atoms with Crippen molar-refractivity contribution < 1.29 is 34.1 Å². The van der Waals surface area contributed by atoms with Crippen molar-refractivity contribution in [3.05, 3.63) is 81.8 Å². The molecule has 226 valence electrons. The fourth-order valence-electron chi connectivity index (χ4n) is 4.62. The number of benzene rings is 3. The van der Waals surface area contributed by atoms with Crippen molar-refractivity contribution in [2.24, 2.45) is 0 Å². The van der Waals surface area contributed by atoms with Crippen LogP contribution in [-0.4, -0.2) is 60.0 Å². The van der Waals surface area contributed by atoms with E-state index in [0.29, 0.717) is 29.4 Å². The predicted octanol–water partition coefficient (Wildman–Crippen LogP) is 6.33. The summed E-state index contributed by atoms with van der Waals surface area (Å²) in [6, 6.07) is 20.0. The molecule has 0 saturated carbocycles. The SMILES string of the molecule is O=C(O)COC(C(=O)O)C(OCCCCCc1ccc(Cl)cc1Cl)C(=O)NCCCCCc1ccc2ccccc2c1. The van der Waals surface area contributed by atoms with Gasteiger partial charge in [-0.15, -0.1) is 0 Å². The standard InChI is InChI=1S/C32H37Cl2NO7/c33-26-16-15-24(27(34)20-26)11-4-2-8-18-41-29(30(32(39)40)42-21-28(36)37)31(38)35-17-7-1-3-9-22-13-14-23-10-5-6-12-25(23)19-22/h5-6,10,12-16,19-20,29-30H,1-4,7-9,11,17-18,21H2,(H,35,38)(H,36,37)(H,39,40). The van der Waals surface area contributed by atoms with Crippen molar-refractivity contribution >= 4 is 51.8 Å². The third-order valence-corrected chi connectivity index (χ3v) is 7.41. The molecule has 3 rings (SSSR count). The molecule has 0 aliphatic heterocycles. The van der Waals surface area contributed by atoms with E-state index >= 15 is 0 Å². The van der Waals surface area contributed by atoms with Gasteiger partial charge in [-0.25, -0.2) is 9.59 Å². The zero-order valence-corrected chi connectivity index (χ0v) is 24.9. The van der Waals surface area contributed by atoms with E-state index in [1.54, 1.807) is 12.1 Å². The third-order valence-electron chi connectivity index (χ3n) is 6.82. The van der Waals surface area contributed by atoms with Crippen LogP contribution in [0.1, 0.15) is 49.7 Å². The van der Waals surface area contributed by atoms with Gasteiger partial charge in [-0.3, -0.25) is 4.79 Å². The first-order valence-electron chi connectivity index (χ1n) is 14.1. The number of hydrogen-bond acceptors (Lipinski definition) is 5. The Balaban J connectivity index is 1.43. The number of carbonyl (C=O) groups excluding carboxylic acids is 1. The number of carbonyl (C=O) groups is 3. The van der Waals surface area contributed by atoms with E-state index in [9.17, 15) is 19.5 Å². The van der Waals surface area contributed by atoms with Gasteiger partial charge in [0.15, 0.2) is 12.2 Å². The number of rotatable bonds is 19. The van der Waals surface area contributed by atoms with Crippen LogP contribution in [0, 0.1) is 0 Å². The van der Waals surface area contributed by atoms with Crippen LogP contribution >= 0.6 is 23.2 Å². The highest BCUT2D eigenvalue weighted by Gasteiger charge is 2.36. The molecule has 0 spiro atoms. The Morgan fingerprint density at radius 2 is 1.50 bits per heavy atom. The molecule has 0 aliphatic carbocycles. The number of aliphatic carboxylic acids is 2. The number of carboxylic acid groups (broad SMARTS) is 2. The van der Waals surface area contributed by atoms with Gasteiger partial charge in [-0.2, -0.15) is 0 Å². The average molecular weight is 619 g/mol. The number of amides is 1. The summed E-state index contributed by atoms with van der Waals surface area (Å²) in [5.41, 5.74) is 2.23. The predicted molar refractivity (Wildman–Crippen MR) is 163 cm³/mol. The molecule has 2 unspecified atom stereocenters.